The van der Waals surface area contributed by atoms with E-state index in [-0.39, 0.29) is 0 Å². The van der Waals surface area contributed by atoms with Crippen LogP contribution in [0, 0.1) is 0 Å². The molecular weight excluding hydrogens is 294 g/mol. The molecule has 0 aliphatic carbocycles. The molecule has 1 atom stereocenters. The highest BCUT2D eigenvalue weighted by molar-refractivity contribution is 5.97. The van der Waals surface area contributed by atoms with E-state index in [9.17, 15) is 14.7 Å². The minimum atomic E-state index is -1.09. The molecule has 2 rings (SSSR count). The summed E-state index contributed by atoms with van der Waals surface area (Å²) in [4.78, 5) is 25.0. The molecule has 0 saturated heterocycles. The Balaban J connectivity index is 2.46. The van der Waals surface area contributed by atoms with E-state index in [4.69, 9.17) is 4.74 Å². The second-order valence-corrected chi connectivity index (χ2v) is 6.40. The van der Waals surface area contributed by atoms with Crippen LogP contribution in [0.1, 0.15) is 27.7 Å². The maximum atomic E-state index is 12.5. The highest BCUT2D eigenvalue weighted by Crippen LogP contribution is 2.25. The minimum Gasteiger partial charge on any atom is -0.480 e. The van der Waals surface area contributed by atoms with Gasteiger partial charge in [0.25, 0.3) is 0 Å². The first-order valence-corrected chi connectivity index (χ1v) is 7.43. The Hall–Kier alpha value is -2.56. The van der Waals surface area contributed by atoms with Gasteiger partial charge in [-0.3, -0.25) is 4.90 Å². The van der Waals surface area contributed by atoms with Gasteiger partial charge in [0.15, 0.2) is 0 Å². The molecule has 0 aliphatic heterocycles. The molecule has 2 aromatic rings. The van der Waals surface area contributed by atoms with Gasteiger partial charge < -0.3 is 9.84 Å². The van der Waals surface area contributed by atoms with Gasteiger partial charge in [-0.1, -0.05) is 30.3 Å². The SMILES string of the molecule is C[C@H](C(=O)O)N(C(=O)OC(C)(C)C)c1ccc2ccccc2c1. The lowest BCUT2D eigenvalue weighted by molar-refractivity contribution is -0.138. The van der Waals surface area contributed by atoms with Gasteiger partial charge in [-0.05, 0) is 50.6 Å². The number of fused-ring (bicyclic) bond motifs is 1. The maximum Gasteiger partial charge on any atom is 0.415 e. The zero-order valence-corrected chi connectivity index (χ0v) is 13.7. The van der Waals surface area contributed by atoms with Crippen LogP contribution in [-0.4, -0.2) is 28.8 Å². The third-order valence-electron chi connectivity index (χ3n) is 3.35. The molecule has 0 fully saturated rings. The van der Waals surface area contributed by atoms with E-state index in [0.29, 0.717) is 5.69 Å². The van der Waals surface area contributed by atoms with E-state index in [0.717, 1.165) is 10.8 Å². The molecule has 0 unspecified atom stereocenters. The number of hydrogen-bond acceptors (Lipinski definition) is 3. The molecule has 5 heteroatoms. The first-order valence-electron chi connectivity index (χ1n) is 7.43. The number of carboxylic acids is 1. The van der Waals surface area contributed by atoms with Crippen molar-refractivity contribution in [2.75, 3.05) is 4.90 Å². The fourth-order valence-corrected chi connectivity index (χ4v) is 2.24. The van der Waals surface area contributed by atoms with Crippen LogP contribution in [0.25, 0.3) is 10.8 Å². The molecule has 122 valence electrons. The lowest BCUT2D eigenvalue weighted by atomic mass is 10.1. The van der Waals surface area contributed by atoms with E-state index in [1.807, 2.05) is 30.3 Å². The molecule has 1 N–H and O–H groups in total. The number of carbonyl (C=O) groups is 2. The monoisotopic (exact) mass is 315 g/mol. The normalized spacial score (nSPS) is 12.7. The number of amides is 1. The van der Waals surface area contributed by atoms with Crippen LogP contribution >= 0.6 is 0 Å². The van der Waals surface area contributed by atoms with Gasteiger partial charge >= 0.3 is 12.1 Å². The van der Waals surface area contributed by atoms with Crippen LogP contribution in [0.5, 0.6) is 0 Å². The summed E-state index contributed by atoms with van der Waals surface area (Å²) in [5.41, 5.74) is -0.211. The molecule has 0 saturated carbocycles. The number of aliphatic carboxylic acids is 1. The largest absolute Gasteiger partial charge is 0.480 e. The van der Waals surface area contributed by atoms with Gasteiger partial charge in [0, 0.05) is 5.69 Å². The van der Waals surface area contributed by atoms with Gasteiger partial charge in [0.05, 0.1) is 0 Å². The molecule has 23 heavy (non-hydrogen) atoms. The maximum absolute atomic E-state index is 12.5. The first kappa shape index (κ1) is 16.8. The summed E-state index contributed by atoms with van der Waals surface area (Å²) in [5, 5.41) is 11.3. The number of carboxylic acid groups (broad SMARTS) is 1. The number of ether oxygens (including phenoxy) is 1. The van der Waals surface area contributed by atoms with Crippen LogP contribution in [0.4, 0.5) is 10.5 Å². The molecule has 0 heterocycles. The Labute approximate surface area is 135 Å². The standard InChI is InChI=1S/C18H21NO4/c1-12(16(20)21)19(17(22)23-18(2,3)4)15-10-9-13-7-5-6-8-14(13)11-15/h5-12H,1-4H3,(H,20,21)/t12-/m1/s1. The van der Waals surface area contributed by atoms with Crippen LogP contribution in [0.3, 0.4) is 0 Å². The highest BCUT2D eigenvalue weighted by atomic mass is 16.6. The number of carbonyl (C=O) groups excluding carboxylic acids is 1. The summed E-state index contributed by atoms with van der Waals surface area (Å²) >= 11 is 0. The van der Waals surface area contributed by atoms with Crippen LogP contribution in [0.15, 0.2) is 42.5 Å². The predicted octanol–water partition coefficient (Wildman–Crippen LogP) is 4.05. The molecule has 2 aromatic carbocycles. The summed E-state index contributed by atoms with van der Waals surface area (Å²) in [5.74, 6) is -1.09. The van der Waals surface area contributed by atoms with Crippen molar-refractivity contribution < 1.29 is 19.4 Å². The average molecular weight is 315 g/mol. The second-order valence-electron chi connectivity index (χ2n) is 6.40. The second kappa shape index (κ2) is 6.28. The zero-order chi connectivity index (χ0) is 17.2. The number of rotatable bonds is 3. The lowest BCUT2D eigenvalue weighted by Crippen LogP contribution is -2.46. The smallest absolute Gasteiger partial charge is 0.415 e. The summed E-state index contributed by atoms with van der Waals surface area (Å²) in [7, 11) is 0. The Morgan fingerprint density at radius 2 is 1.70 bits per heavy atom. The number of anilines is 1. The highest BCUT2D eigenvalue weighted by Gasteiger charge is 2.31. The van der Waals surface area contributed by atoms with E-state index in [1.54, 1.807) is 32.9 Å². The van der Waals surface area contributed by atoms with Gasteiger partial charge in [-0.15, -0.1) is 0 Å². The minimum absolute atomic E-state index is 0.493. The molecule has 1 amide bonds. The van der Waals surface area contributed by atoms with Crippen molar-refractivity contribution in [2.24, 2.45) is 0 Å². The average Bonchev–Trinajstić information content (AvgIpc) is 2.45. The van der Waals surface area contributed by atoms with E-state index < -0.39 is 23.7 Å². The number of benzene rings is 2. The predicted molar refractivity (Wildman–Crippen MR) is 89.8 cm³/mol. The van der Waals surface area contributed by atoms with Crippen molar-refractivity contribution >= 4 is 28.5 Å². The Morgan fingerprint density at radius 1 is 1.09 bits per heavy atom. The van der Waals surface area contributed by atoms with Gasteiger partial charge in [0.2, 0.25) is 0 Å². The fourth-order valence-electron chi connectivity index (χ4n) is 2.24. The molecular formula is C18H21NO4. The molecule has 0 spiro atoms. The van der Waals surface area contributed by atoms with Crippen molar-refractivity contribution in [2.45, 2.75) is 39.3 Å². The first-order chi connectivity index (χ1) is 10.7. The van der Waals surface area contributed by atoms with Crippen molar-refractivity contribution in [3.8, 4) is 0 Å². The zero-order valence-electron chi connectivity index (χ0n) is 13.7. The van der Waals surface area contributed by atoms with Crippen molar-refractivity contribution in [1.29, 1.82) is 0 Å². The Kier molecular flexibility index (Phi) is 4.59. The summed E-state index contributed by atoms with van der Waals surface area (Å²) in [6.45, 7) is 6.69. The van der Waals surface area contributed by atoms with E-state index in [1.165, 1.54) is 11.8 Å². The summed E-state index contributed by atoms with van der Waals surface area (Å²) in [6, 6.07) is 12.0. The topological polar surface area (TPSA) is 66.8 Å². The van der Waals surface area contributed by atoms with Crippen molar-refractivity contribution in [3.63, 3.8) is 0 Å². The molecule has 5 nitrogen and oxygen atoms in total. The Bertz CT molecular complexity index is 733. The van der Waals surface area contributed by atoms with Crippen molar-refractivity contribution in [3.05, 3.63) is 42.5 Å². The van der Waals surface area contributed by atoms with Crippen LogP contribution in [-0.2, 0) is 9.53 Å². The third kappa shape index (κ3) is 4.00. The summed E-state index contributed by atoms with van der Waals surface area (Å²) in [6.07, 6.45) is -0.678. The van der Waals surface area contributed by atoms with E-state index in [2.05, 4.69) is 0 Å². The molecule has 0 bridgehead atoms. The van der Waals surface area contributed by atoms with Gasteiger partial charge in [0.1, 0.15) is 11.6 Å². The number of nitrogens with zero attached hydrogens (tertiary/aromatic N) is 1. The fraction of sp³-hybridized carbons (Fsp3) is 0.333. The third-order valence-corrected chi connectivity index (χ3v) is 3.35. The van der Waals surface area contributed by atoms with Crippen molar-refractivity contribution in [1.82, 2.24) is 0 Å². The quantitative estimate of drug-likeness (QED) is 0.927. The van der Waals surface area contributed by atoms with Gasteiger partial charge in [-0.2, -0.15) is 0 Å². The van der Waals surface area contributed by atoms with Gasteiger partial charge in [-0.25, -0.2) is 9.59 Å². The molecule has 0 aliphatic rings. The van der Waals surface area contributed by atoms with Crippen LogP contribution < -0.4 is 4.90 Å². The lowest BCUT2D eigenvalue weighted by Gasteiger charge is -2.30. The molecule has 0 radical (unpaired) electrons. The van der Waals surface area contributed by atoms with E-state index >= 15 is 0 Å². The molecule has 0 aromatic heterocycles. The Morgan fingerprint density at radius 3 is 2.26 bits per heavy atom. The van der Waals surface area contributed by atoms with Crippen LogP contribution in [0.2, 0.25) is 0 Å². The number of hydrogen-bond donors (Lipinski definition) is 1. The summed E-state index contributed by atoms with van der Waals surface area (Å²) < 4.78 is 5.36.